The van der Waals surface area contributed by atoms with Gasteiger partial charge in [0.05, 0.1) is 77.9 Å². The molecule has 0 heterocycles. The van der Waals surface area contributed by atoms with Crippen molar-refractivity contribution in [1.82, 2.24) is 5.32 Å². The van der Waals surface area contributed by atoms with Gasteiger partial charge in [0, 0.05) is 23.1 Å². The number of carbonyl (C=O) groups is 4. The molecule has 6 rings (SSSR count). The maximum absolute atomic E-state index is 12.7. The van der Waals surface area contributed by atoms with Crippen molar-refractivity contribution >= 4 is 118 Å². The van der Waals surface area contributed by atoms with Gasteiger partial charge in [-0.3, -0.25) is 0 Å². The van der Waals surface area contributed by atoms with Gasteiger partial charge in [0.25, 0.3) is 0 Å². The first kappa shape index (κ1) is 72.6. The van der Waals surface area contributed by atoms with Gasteiger partial charge in [-0.2, -0.15) is 0 Å². The summed E-state index contributed by atoms with van der Waals surface area (Å²) in [7, 11) is 12.9. The zero-order valence-electron chi connectivity index (χ0n) is 46.9. The molecule has 0 spiro atoms. The van der Waals surface area contributed by atoms with Crippen molar-refractivity contribution in [2.24, 2.45) is 11.5 Å². The number of hydrogen-bond acceptors (Lipinski definition) is 16. The van der Waals surface area contributed by atoms with Crippen LogP contribution in [0.1, 0.15) is 90.4 Å². The number of methoxy groups -OCH3 is 6. The summed E-state index contributed by atoms with van der Waals surface area (Å²) in [5.74, 6) is -0.558. The van der Waals surface area contributed by atoms with Crippen molar-refractivity contribution in [2.45, 2.75) is 37.8 Å². The second-order valence-electron chi connectivity index (χ2n) is 16.9. The number of rotatable bonds is 22. The molecule has 2 atom stereocenters. The van der Waals surface area contributed by atoms with E-state index < -0.39 is 29.4 Å². The Balaban J connectivity index is 0.000000387. The summed E-state index contributed by atoms with van der Waals surface area (Å²) < 4.78 is 43.1. The van der Waals surface area contributed by atoms with E-state index in [9.17, 15) is 24.3 Å². The van der Waals surface area contributed by atoms with Crippen molar-refractivity contribution in [3.8, 4) is 34.5 Å². The predicted octanol–water partition coefficient (Wildman–Crippen LogP) is 9.12. The number of nitrogens with one attached hydrogen (secondary N) is 1. The number of carboxylic acid groups (broad SMARTS) is 2. The molecule has 442 valence electrons. The minimum atomic E-state index is -1.20. The van der Waals surface area contributed by atoms with Crippen molar-refractivity contribution in [1.29, 1.82) is 0 Å². The van der Waals surface area contributed by atoms with Crippen LogP contribution in [0.15, 0.2) is 133 Å². The zero-order valence-corrected chi connectivity index (χ0v) is 56.4. The molecule has 0 fully saturated rings. The van der Waals surface area contributed by atoms with Crippen LogP contribution >= 0.6 is 84.4 Å². The summed E-state index contributed by atoms with van der Waals surface area (Å²) in [5, 5.41) is 24.3. The molecule has 0 aliphatic heterocycles. The van der Waals surface area contributed by atoms with Crippen LogP contribution in [0.4, 0.5) is 0 Å². The standard InChI is InChI=1S/2C21H27NO5.2C8H7NO2S.3HI.V/c2*1-6-21(22-2,16-10-8-7-9-11-16)14-27-20(23)15-12-17(24-3)19(26-5)18(13-15)25-4;2*9-7(12)5-1-3-6(4-2-5)8(10)11;;;;/h2*7-13,22H,6,14H2,1-5H3;2*1-4H,(H2,9,12)(H,10,11);3*1H;/q;;;;;;;+3/p-3. The third-order valence-electron chi connectivity index (χ3n) is 12.5. The molecule has 24 heteroatoms. The predicted molar refractivity (Wildman–Crippen MR) is 345 cm³/mol. The average Bonchev–Trinajstić information content (AvgIpc) is 3.60. The summed E-state index contributed by atoms with van der Waals surface area (Å²) in [5.41, 5.74) is 14.4. The number of nitrogens with two attached hydrogens (primary N) is 3. The van der Waals surface area contributed by atoms with Crippen molar-refractivity contribution in [3.05, 3.63) is 178 Å². The van der Waals surface area contributed by atoms with Gasteiger partial charge in [0.1, 0.15) is 16.6 Å². The molecule has 0 aliphatic rings. The first-order valence-corrected chi connectivity index (χ1v) is 38.9. The van der Waals surface area contributed by atoms with Crippen LogP contribution in [-0.4, -0.2) is 109 Å². The molecule has 18 nitrogen and oxygen atoms in total. The van der Waals surface area contributed by atoms with Crippen molar-refractivity contribution in [2.75, 3.05) is 70.0 Å². The quantitative estimate of drug-likeness (QED) is 0.0241. The summed E-state index contributed by atoms with van der Waals surface area (Å²) >= 11 is 16.8. The van der Waals surface area contributed by atoms with E-state index in [2.05, 4.69) is 109 Å². The van der Waals surface area contributed by atoms with Crippen LogP contribution in [0, 0.1) is 0 Å². The molecule has 0 saturated carbocycles. The molecular weight excluding hydrogens is 1470 g/mol. The van der Waals surface area contributed by atoms with Gasteiger partial charge in [-0.25, -0.2) is 14.4 Å². The van der Waals surface area contributed by atoms with E-state index >= 15 is 0 Å². The van der Waals surface area contributed by atoms with E-state index in [0.717, 1.165) is 24.0 Å². The number of benzene rings is 6. The Morgan fingerprint density at radius 3 is 1.18 bits per heavy atom. The van der Waals surface area contributed by atoms with Crippen molar-refractivity contribution in [3.63, 3.8) is 0 Å². The van der Waals surface area contributed by atoms with Crippen LogP contribution in [0.5, 0.6) is 34.5 Å². The van der Waals surface area contributed by atoms with E-state index in [-0.39, 0.29) is 44.8 Å². The van der Waals surface area contributed by atoms with Crippen LogP contribution in [0.25, 0.3) is 0 Å². The van der Waals surface area contributed by atoms with Crippen LogP contribution < -0.4 is 55.6 Å². The Hall–Kier alpha value is -5.53. The Morgan fingerprint density at radius 1 is 0.561 bits per heavy atom. The van der Waals surface area contributed by atoms with Gasteiger partial charge >= 0.3 is 82.8 Å². The summed E-state index contributed by atoms with van der Waals surface area (Å²) in [6.45, 7) is 4.58. The normalized spacial score (nSPS) is 11.6. The van der Waals surface area contributed by atoms with E-state index in [0.29, 0.717) is 56.8 Å². The molecule has 8 N–H and O–H groups in total. The molecule has 0 aromatic heterocycles. The Morgan fingerprint density at radius 2 is 0.902 bits per heavy atom. The SMILES string of the molecule is CCC(COC(=O)c1cc(OC)c(OC)c(OC)c1)(NC)c1ccccc1.CCC(COC(=O)c1cc(OC)c(OC)c(OC)c1)([NH2+]C)c1ccccc1.NC(=S)c1ccc(C(=O)O)cc1.NC(=S)c1ccc(C(=O)[O-])cc1.[I][V]([I])[I]. The van der Waals surface area contributed by atoms with Gasteiger partial charge in [-0.05, 0) is 61.0 Å². The average molecular weight is 1540 g/mol. The molecule has 0 aliphatic carbocycles. The molecular formula is C58H68I3N4O14S2V. The first-order valence-electron chi connectivity index (χ1n) is 24.6. The molecule has 6 aromatic carbocycles. The first-order chi connectivity index (χ1) is 39.0. The van der Waals surface area contributed by atoms with Crippen molar-refractivity contribution < 1.29 is 77.5 Å². The Kier molecular flexibility index (Phi) is 33.3. The van der Waals surface area contributed by atoms with Gasteiger partial charge in [0.15, 0.2) is 35.1 Å². The van der Waals surface area contributed by atoms with Gasteiger partial charge in [-0.1, -0.05) is 135 Å². The number of thiocarbonyl (C=S) groups is 2. The summed E-state index contributed by atoms with van der Waals surface area (Å²) in [6.07, 6.45) is 1.58. The second-order valence-corrected chi connectivity index (χ2v) is 53.1. The number of esters is 2. The number of halogens is 3. The van der Waals surface area contributed by atoms with Gasteiger partial charge in [0.2, 0.25) is 11.5 Å². The molecule has 82 heavy (non-hydrogen) atoms. The summed E-state index contributed by atoms with van der Waals surface area (Å²) in [4.78, 5) is 46.4. The number of quaternary nitrogens is 1. The van der Waals surface area contributed by atoms with Gasteiger partial charge in [-0.15, -0.1) is 0 Å². The fraction of sp³-hybridized carbons (Fsp3) is 0.276. The molecule has 0 bridgehead atoms. The van der Waals surface area contributed by atoms with E-state index in [4.69, 9.17) is 66.7 Å². The van der Waals surface area contributed by atoms with Gasteiger partial charge < -0.3 is 75.0 Å². The van der Waals surface area contributed by atoms with Crippen LogP contribution in [-0.2, 0) is 25.5 Å². The minimum absolute atomic E-state index is 0.120. The van der Waals surface area contributed by atoms with Crippen LogP contribution in [0.3, 0.4) is 0 Å². The van der Waals surface area contributed by atoms with E-state index in [1.165, 1.54) is 66.9 Å². The molecule has 0 radical (unpaired) electrons. The Bertz CT molecular complexity index is 2680. The van der Waals surface area contributed by atoms with E-state index in [1.54, 1.807) is 48.5 Å². The summed E-state index contributed by atoms with van der Waals surface area (Å²) in [6, 6.07) is 38.4. The molecule has 6 aromatic rings. The monoisotopic (exact) mass is 1540 g/mol. The third kappa shape index (κ3) is 22.2. The topological polar surface area (TPSA) is 266 Å². The zero-order chi connectivity index (χ0) is 61.6. The molecule has 2 unspecified atom stereocenters. The number of ether oxygens (including phenoxy) is 8. The molecule has 0 amide bonds. The van der Waals surface area contributed by atoms with Crippen LogP contribution in [0.2, 0.25) is 0 Å². The van der Waals surface area contributed by atoms with E-state index in [1.807, 2.05) is 62.6 Å². The number of carboxylic acids is 2. The third-order valence-corrected chi connectivity index (χ3v) is 12.9. The number of aromatic carboxylic acids is 2. The fourth-order valence-electron chi connectivity index (χ4n) is 7.65. The fourth-order valence-corrected chi connectivity index (χ4v) is 7.92. The number of carbonyl (C=O) groups excluding carboxylic acids is 3. The maximum atomic E-state index is 12.7. The second kappa shape index (κ2) is 37.6. The number of hydrogen-bond donors (Lipinski definition) is 5. The molecule has 0 saturated heterocycles. The Labute approximate surface area is 527 Å². The number of likely N-dealkylation sites (N-methyl/N-ethyl adjacent to an activating group) is 2.